The van der Waals surface area contributed by atoms with Gasteiger partial charge in [-0.05, 0) is 52.8 Å². The van der Waals surface area contributed by atoms with Gasteiger partial charge in [-0.3, -0.25) is 4.79 Å². The molecule has 1 aromatic carbocycles. The van der Waals surface area contributed by atoms with E-state index in [1.54, 1.807) is 12.1 Å². The van der Waals surface area contributed by atoms with Crippen molar-refractivity contribution >= 4 is 35.1 Å². The van der Waals surface area contributed by atoms with E-state index < -0.39 is 23.7 Å². The van der Waals surface area contributed by atoms with Crippen molar-refractivity contribution < 1.29 is 19.1 Å². The zero-order valence-electron chi connectivity index (χ0n) is 13.8. The minimum atomic E-state index is -0.923. The molecule has 0 fully saturated rings. The number of nitrogens with one attached hydrogen (secondary N) is 1. The molecule has 128 valence electrons. The molecule has 0 saturated heterocycles. The summed E-state index contributed by atoms with van der Waals surface area (Å²) in [5, 5.41) is 3.49. The minimum absolute atomic E-state index is 0.288. The third-order valence-electron chi connectivity index (χ3n) is 2.69. The van der Waals surface area contributed by atoms with E-state index >= 15 is 0 Å². The number of hydrogen-bond acceptors (Lipinski definition) is 4. The summed E-state index contributed by atoms with van der Waals surface area (Å²) in [6, 6.07) is 4.67. The summed E-state index contributed by atoms with van der Waals surface area (Å²) in [5.41, 5.74) is -0.406. The second-order valence-electron chi connectivity index (χ2n) is 6.15. The Balaban J connectivity index is 2.61. The predicted octanol–water partition coefficient (Wildman–Crippen LogP) is 3.61. The van der Waals surface area contributed by atoms with Crippen molar-refractivity contribution in [2.24, 2.45) is 0 Å². The van der Waals surface area contributed by atoms with Crippen molar-refractivity contribution in [2.75, 3.05) is 0 Å². The Labute approximate surface area is 146 Å². The Morgan fingerprint density at radius 1 is 1.13 bits per heavy atom. The van der Waals surface area contributed by atoms with Crippen LogP contribution in [0.15, 0.2) is 18.2 Å². The van der Waals surface area contributed by atoms with E-state index in [-0.39, 0.29) is 10.9 Å². The maximum Gasteiger partial charge on any atom is 0.347 e. The first-order valence-corrected chi connectivity index (χ1v) is 7.89. The molecule has 0 aliphatic heterocycles. The fourth-order valence-electron chi connectivity index (χ4n) is 1.60. The van der Waals surface area contributed by atoms with Crippen LogP contribution in [0.4, 0.5) is 0 Å². The first kappa shape index (κ1) is 19.6. The molecule has 0 radical (unpaired) electrons. The molecule has 0 saturated carbocycles. The molecule has 2 atom stereocenters. The average molecular weight is 362 g/mol. The van der Waals surface area contributed by atoms with E-state index in [4.69, 9.17) is 32.7 Å². The van der Waals surface area contributed by atoms with E-state index in [0.29, 0.717) is 10.8 Å². The topological polar surface area (TPSA) is 64.6 Å². The highest BCUT2D eigenvalue weighted by molar-refractivity contribution is 6.35. The van der Waals surface area contributed by atoms with Gasteiger partial charge in [0.25, 0.3) is 5.91 Å². The fourth-order valence-corrected chi connectivity index (χ4v) is 2.06. The molecule has 0 aliphatic rings. The largest absolute Gasteiger partial charge is 0.477 e. The summed E-state index contributed by atoms with van der Waals surface area (Å²) < 4.78 is 10.6. The van der Waals surface area contributed by atoms with E-state index in [0.717, 1.165) is 0 Å². The highest BCUT2D eigenvalue weighted by Crippen LogP contribution is 2.28. The summed E-state index contributed by atoms with van der Waals surface area (Å²) in [5.74, 6) is -0.720. The Morgan fingerprint density at radius 2 is 1.74 bits per heavy atom. The zero-order chi connectivity index (χ0) is 17.8. The predicted molar refractivity (Wildman–Crippen MR) is 90.0 cm³/mol. The molecule has 5 nitrogen and oxygen atoms in total. The number of hydrogen-bond donors (Lipinski definition) is 1. The monoisotopic (exact) mass is 361 g/mol. The van der Waals surface area contributed by atoms with Crippen molar-refractivity contribution in [2.45, 2.75) is 52.4 Å². The van der Waals surface area contributed by atoms with E-state index in [9.17, 15) is 9.59 Å². The maximum atomic E-state index is 12.0. The Bertz CT molecular complexity index is 584. The third kappa shape index (κ3) is 6.67. The Morgan fingerprint density at radius 3 is 2.26 bits per heavy atom. The first-order valence-electron chi connectivity index (χ1n) is 7.14. The summed E-state index contributed by atoms with van der Waals surface area (Å²) in [6.07, 6.45) is -1.84. The molecule has 1 rings (SSSR count). The van der Waals surface area contributed by atoms with Crippen molar-refractivity contribution in [1.82, 2.24) is 5.32 Å². The van der Waals surface area contributed by atoms with E-state index in [1.165, 1.54) is 19.9 Å². The molecule has 1 aromatic rings. The number of rotatable bonds is 5. The van der Waals surface area contributed by atoms with Crippen LogP contribution < -0.4 is 10.1 Å². The first-order chi connectivity index (χ1) is 10.5. The highest BCUT2D eigenvalue weighted by Gasteiger charge is 2.25. The lowest BCUT2D eigenvalue weighted by atomic mass is 10.1. The van der Waals surface area contributed by atoms with Crippen LogP contribution >= 0.6 is 23.2 Å². The van der Waals surface area contributed by atoms with Crippen LogP contribution in [-0.4, -0.2) is 29.6 Å². The second-order valence-corrected chi connectivity index (χ2v) is 7.00. The van der Waals surface area contributed by atoms with Gasteiger partial charge in [-0.1, -0.05) is 23.2 Å². The maximum absolute atomic E-state index is 12.0. The SMILES string of the molecule is C[C@H](OC(=O)[C@@H](C)Oc1ccc(Cl)cc1Cl)C(=O)NC(C)(C)C. The second kappa shape index (κ2) is 7.88. The van der Waals surface area contributed by atoms with Crippen LogP contribution in [0, 0.1) is 0 Å². The number of ether oxygens (including phenoxy) is 2. The normalized spacial score (nSPS) is 13.9. The molecule has 0 heterocycles. The molecule has 0 bridgehead atoms. The van der Waals surface area contributed by atoms with Crippen LogP contribution in [0.3, 0.4) is 0 Å². The standard InChI is InChI=1S/C16H21Cl2NO4/c1-9(14(20)19-16(3,4)5)23-15(21)10(2)22-13-7-6-11(17)8-12(13)18/h6-10H,1-5H3,(H,19,20)/t9-,10+/m0/s1. The minimum Gasteiger partial charge on any atom is -0.477 e. The van der Waals surface area contributed by atoms with Crippen molar-refractivity contribution in [3.05, 3.63) is 28.2 Å². The quantitative estimate of drug-likeness (QED) is 0.813. The number of benzene rings is 1. The van der Waals surface area contributed by atoms with Crippen LogP contribution in [0.25, 0.3) is 0 Å². The summed E-state index contributed by atoms with van der Waals surface area (Å²) >= 11 is 11.8. The van der Waals surface area contributed by atoms with Gasteiger partial charge in [0.05, 0.1) is 5.02 Å². The zero-order valence-corrected chi connectivity index (χ0v) is 15.3. The molecule has 23 heavy (non-hydrogen) atoms. The van der Waals surface area contributed by atoms with E-state index in [2.05, 4.69) is 5.32 Å². The van der Waals surface area contributed by atoms with Gasteiger partial charge < -0.3 is 14.8 Å². The van der Waals surface area contributed by atoms with Gasteiger partial charge in [0.1, 0.15) is 5.75 Å². The number of amides is 1. The number of halogens is 2. The lowest BCUT2D eigenvalue weighted by Gasteiger charge is -2.24. The lowest BCUT2D eigenvalue weighted by Crippen LogP contribution is -2.47. The van der Waals surface area contributed by atoms with Gasteiger partial charge in [-0.15, -0.1) is 0 Å². The van der Waals surface area contributed by atoms with Crippen LogP contribution in [0.5, 0.6) is 5.75 Å². The van der Waals surface area contributed by atoms with Gasteiger partial charge in [0.15, 0.2) is 12.2 Å². The van der Waals surface area contributed by atoms with Gasteiger partial charge in [-0.2, -0.15) is 0 Å². The average Bonchev–Trinajstić information content (AvgIpc) is 2.39. The smallest absolute Gasteiger partial charge is 0.347 e. The summed E-state index contributed by atoms with van der Waals surface area (Å²) in [7, 11) is 0. The number of carbonyl (C=O) groups excluding carboxylic acids is 2. The van der Waals surface area contributed by atoms with Crippen LogP contribution in [0.2, 0.25) is 10.0 Å². The number of carbonyl (C=O) groups is 2. The molecule has 0 aromatic heterocycles. The van der Waals surface area contributed by atoms with Gasteiger partial charge in [0.2, 0.25) is 0 Å². The molecule has 0 unspecified atom stereocenters. The molecule has 0 aliphatic carbocycles. The van der Waals surface area contributed by atoms with Crippen molar-refractivity contribution in [1.29, 1.82) is 0 Å². The van der Waals surface area contributed by atoms with Crippen molar-refractivity contribution in [3.8, 4) is 5.75 Å². The van der Waals surface area contributed by atoms with Crippen LogP contribution in [0.1, 0.15) is 34.6 Å². The van der Waals surface area contributed by atoms with Crippen LogP contribution in [-0.2, 0) is 14.3 Å². The van der Waals surface area contributed by atoms with E-state index in [1.807, 2.05) is 20.8 Å². The van der Waals surface area contributed by atoms with Gasteiger partial charge in [-0.25, -0.2) is 4.79 Å². The third-order valence-corrected chi connectivity index (χ3v) is 3.22. The van der Waals surface area contributed by atoms with Gasteiger partial charge >= 0.3 is 5.97 Å². The number of esters is 1. The molecule has 0 spiro atoms. The highest BCUT2D eigenvalue weighted by atomic mass is 35.5. The molecular formula is C16H21Cl2NO4. The molecule has 1 amide bonds. The lowest BCUT2D eigenvalue weighted by molar-refractivity contribution is -0.161. The molecular weight excluding hydrogens is 341 g/mol. The fraction of sp³-hybridized carbons (Fsp3) is 0.500. The molecule has 7 heteroatoms. The van der Waals surface area contributed by atoms with Gasteiger partial charge in [0, 0.05) is 10.6 Å². The Hall–Kier alpha value is -1.46. The molecule has 1 N–H and O–H groups in total. The summed E-state index contributed by atoms with van der Waals surface area (Å²) in [4.78, 5) is 23.9. The summed E-state index contributed by atoms with van der Waals surface area (Å²) in [6.45, 7) is 8.54. The Kier molecular flexibility index (Phi) is 6.71. The van der Waals surface area contributed by atoms with Crippen molar-refractivity contribution in [3.63, 3.8) is 0 Å².